The van der Waals surface area contributed by atoms with Crippen LogP contribution in [0.2, 0.25) is 0 Å². The molecule has 0 saturated heterocycles. The number of rotatable bonds is 7. The number of ether oxygens (including phenoxy) is 2. The van der Waals surface area contributed by atoms with Gasteiger partial charge in [0.15, 0.2) is 6.61 Å². The van der Waals surface area contributed by atoms with Crippen LogP contribution in [0.3, 0.4) is 0 Å². The van der Waals surface area contributed by atoms with Gasteiger partial charge in [0, 0.05) is 5.69 Å². The van der Waals surface area contributed by atoms with Crippen LogP contribution < -0.4 is 10.1 Å². The number of carbonyl (C=O) groups excluding carboxylic acids is 2. The van der Waals surface area contributed by atoms with E-state index in [2.05, 4.69) is 5.32 Å². The lowest BCUT2D eigenvalue weighted by atomic mass is 10.0. The van der Waals surface area contributed by atoms with E-state index < -0.39 is 11.9 Å². The lowest BCUT2D eigenvalue weighted by Crippen LogP contribution is -2.21. The minimum atomic E-state index is -0.579. The van der Waals surface area contributed by atoms with Gasteiger partial charge in [-0.3, -0.25) is 4.79 Å². The summed E-state index contributed by atoms with van der Waals surface area (Å²) in [6.07, 6.45) is 1.72. The van der Waals surface area contributed by atoms with Crippen molar-refractivity contribution in [1.82, 2.24) is 0 Å². The fraction of sp³-hybridized carbons (Fsp3) is 0.154. The highest BCUT2D eigenvalue weighted by Crippen LogP contribution is 2.22. The third-order valence-corrected chi connectivity index (χ3v) is 4.83. The number of carbonyl (C=O) groups is 2. The van der Waals surface area contributed by atoms with E-state index in [9.17, 15) is 9.59 Å². The van der Waals surface area contributed by atoms with Crippen molar-refractivity contribution in [3.63, 3.8) is 0 Å². The fourth-order valence-corrected chi connectivity index (χ4v) is 3.00. The van der Waals surface area contributed by atoms with Crippen LogP contribution >= 0.6 is 0 Å². The molecule has 5 nitrogen and oxygen atoms in total. The molecule has 0 fully saturated rings. The van der Waals surface area contributed by atoms with Crippen molar-refractivity contribution >= 4 is 29.2 Å². The van der Waals surface area contributed by atoms with E-state index in [-0.39, 0.29) is 6.61 Å². The fourth-order valence-electron chi connectivity index (χ4n) is 3.00. The topological polar surface area (TPSA) is 64.6 Å². The van der Waals surface area contributed by atoms with Crippen molar-refractivity contribution in [2.45, 2.75) is 13.8 Å². The number of benzene rings is 3. The van der Waals surface area contributed by atoms with Gasteiger partial charge >= 0.3 is 5.97 Å². The molecule has 31 heavy (non-hydrogen) atoms. The van der Waals surface area contributed by atoms with Crippen LogP contribution in [0.1, 0.15) is 22.3 Å². The van der Waals surface area contributed by atoms with Gasteiger partial charge in [0.25, 0.3) is 5.91 Å². The molecule has 0 unspecified atom stereocenters. The van der Waals surface area contributed by atoms with Gasteiger partial charge in [-0.05, 0) is 66.4 Å². The Balaban J connectivity index is 1.74. The molecule has 0 aliphatic carbocycles. The summed E-state index contributed by atoms with van der Waals surface area (Å²) in [5, 5.41) is 2.76. The summed E-state index contributed by atoms with van der Waals surface area (Å²) in [6, 6.07) is 22.2. The van der Waals surface area contributed by atoms with Crippen molar-refractivity contribution in [3.8, 4) is 5.75 Å². The standard InChI is InChI=1S/C26H25NO4/c1-18-12-13-22(14-19(18)2)27-25(28)17-31-26(29)24(21-9-5-4-6-10-21)16-20-8-7-11-23(15-20)30-3/h4-16H,17H2,1-3H3,(H,27,28). The van der Waals surface area contributed by atoms with E-state index in [1.165, 1.54) is 0 Å². The first-order chi connectivity index (χ1) is 15.0. The number of hydrogen-bond acceptors (Lipinski definition) is 4. The minimum absolute atomic E-state index is 0.354. The first-order valence-electron chi connectivity index (χ1n) is 9.91. The number of hydrogen-bond donors (Lipinski definition) is 1. The van der Waals surface area contributed by atoms with Gasteiger partial charge in [-0.15, -0.1) is 0 Å². The molecule has 0 aliphatic rings. The lowest BCUT2D eigenvalue weighted by molar-refractivity contribution is -0.141. The first kappa shape index (κ1) is 21.8. The molecule has 0 aromatic heterocycles. The smallest absolute Gasteiger partial charge is 0.339 e. The van der Waals surface area contributed by atoms with Crippen LogP contribution in [-0.2, 0) is 14.3 Å². The number of anilines is 1. The quantitative estimate of drug-likeness (QED) is 0.334. The van der Waals surface area contributed by atoms with E-state index in [4.69, 9.17) is 9.47 Å². The maximum Gasteiger partial charge on any atom is 0.339 e. The maximum absolute atomic E-state index is 12.9. The number of esters is 1. The molecule has 3 rings (SSSR count). The summed E-state index contributed by atoms with van der Waals surface area (Å²) in [5.41, 5.74) is 4.72. The highest BCUT2D eigenvalue weighted by atomic mass is 16.5. The van der Waals surface area contributed by atoms with E-state index in [0.29, 0.717) is 22.6 Å². The second kappa shape index (κ2) is 10.3. The SMILES string of the molecule is COc1cccc(C=C(C(=O)OCC(=O)Nc2ccc(C)c(C)c2)c2ccccc2)c1. The third kappa shape index (κ3) is 6.06. The molecule has 1 N–H and O–H groups in total. The summed E-state index contributed by atoms with van der Waals surface area (Å²) >= 11 is 0. The molecule has 0 bridgehead atoms. The summed E-state index contributed by atoms with van der Waals surface area (Å²) in [5.74, 6) is -0.294. The van der Waals surface area contributed by atoms with Gasteiger partial charge in [0.1, 0.15) is 5.75 Å². The Morgan fingerprint density at radius 3 is 2.39 bits per heavy atom. The Labute approximate surface area is 182 Å². The second-order valence-corrected chi connectivity index (χ2v) is 7.12. The van der Waals surface area contributed by atoms with Gasteiger partial charge in [0.2, 0.25) is 0 Å². The molecule has 3 aromatic rings. The molecular formula is C26H25NO4. The van der Waals surface area contributed by atoms with Crippen LogP contribution in [0.5, 0.6) is 5.75 Å². The molecule has 0 atom stereocenters. The predicted molar refractivity (Wildman–Crippen MR) is 123 cm³/mol. The van der Waals surface area contributed by atoms with Crippen molar-refractivity contribution in [1.29, 1.82) is 0 Å². The number of methoxy groups -OCH3 is 1. The van der Waals surface area contributed by atoms with Crippen molar-refractivity contribution < 1.29 is 19.1 Å². The Kier molecular flexibility index (Phi) is 7.22. The zero-order valence-electron chi connectivity index (χ0n) is 17.8. The average molecular weight is 415 g/mol. The summed E-state index contributed by atoms with van der Waals surface area (Å²) in [7, 11) is 1.59. The third-order valence-electron chi connectivity index (χ3n) is 4.83. The Bertz CT molecular complexity index is 1100. The van der Waals surface area contributed by atoms with Gasteiger partial charge in [0.05, 0.1) is 12.7 Å². The van der Waals surface area contributed by atoms with Crippen LogP contribution in [0.25, 0.3) is 11.6 Å². The molecule has 3 aromatic carbocycles. The molecule has 0 saturated carbocycles. The molecule has 0 heterocycles. The van der Waals surface area contributed by atoms with Gasteiger partial charge < -0.3 is 14.8 Å². The highest BCUT2D eigenvalue weighted by Gasteiger charge is 2.16. The summed E-state index contributed by atoms with van der Waals surface area (Å²) in [6.45, 7) is 3.59. The Morgan fingerprint density at radius 2 is 1.68 bits per heavy atom. The minimum Gasteiger partial charge on any atom is -0.497 e. The first-order valence-corrected chi connectivity index (χ1v) is 9.91. The van der Waals surface area contributed by atoms with E-state index in [0.717, 1.165) is 16.7 Å². The second-order valence-electron chi connectivity index (χ2n) is 7.12. The summed E-state index contributed by atoms with van der Waals surface area (Å²) in [4.78, 5) is 25.1. The molecule has 0 spiro atoms. The van der Waals surface area contributed by atoms with Gasteiger partial charge in [-0.1, -0.05) is 48.5 Å². The predicted octanol–water partition coefficient (Wildman–Crippen LogP) is 5.03. The van der Waals surface area contributed by atoms with Crippen molar-refractivity contribution in [3.05, 3.63) is 95.1 Å². The van der Waals surface area contributed by atoms with Crippen LogP contribution in [0, 0.1) is 13.8 Å². The average Bonchev–Trinajstić information content (AvgIpc) is 2.79. The van der Waals surface area contributed by atoms with Gasteiger partial charge in [-0.2, -0.15) is 0 Å². The maximum atomic E-state index is 12.9. The Morgan fingerprint density at radius 1 is 0.903 bits per heavy atom. The normalized spacial score (nSPS) is 11.0. The number of nitrogens with one attached hydrogen (secondary N) is 1. The summed E-state index contributed by atoms with van der Waals surface area (Å²) < 4.78 is 10.6. The molecule has 0 aliphatic heterocycles. The van der Waals surface area contributed by atoms with Crippen molar-refractivity contribution in [2.75, 3.05) is 19.0 Å². The number of amides is 1. The Hall–Kier alpha value is -3.86. The largest absolute Gasteiger partial charge is 0.497 e. The van der Waals surface area contributed by atoms with Gasteiger partial charge in [-0.25, -0.2) is 4.79 Å². The van der Waals surface area contributed by atoms with Crippen molar-refractivity contribution in [2.24, 2.45) is 0 Å². The zero-order valence-corrected chi connectivity index (χ0v) is 17.8. The van der Waals surface area contributed by atoms with E-state index in [1.54, 1.807) is 13.2 Å². The van der Waals surface area contributed by atoms with Crippen LogP contribution in [-0.4, -0.2) is 25.6 Å². The molecule has 0 radical (unpaired) electrons. The highest BCUT2D eigenvalue weighted by molar-refractivity contribution is 6.22. The number of aryl methyl sites for hydroxylation is 2. The van der Waals surface area contributed by atoms with E-state index >= 15 is 0 Å². The van der Waals surface area contributed by atoms with Crippen LogP contribution in [0.4, 0.5) is 5.69 Å². The lowest BCUT2D eigenvalue weighted by Gasteiger charge is -2.11. The molecular weight excluding hydrogens is 390 g/mol. The van der Waals surface area contributed by atoms with Crippen LogP contribution in [0.15, 0.2) is 72.8 Å². The monoisotopic (exact) mass is 415 g/mol. The zero-order chi connectivity index (χ0) is 22.2. The molecule has 158 valence electrons. The molecule has 1 amide bonds. The molecule has 5 heteroatoms. The van der Waals surface area contributed by atoms with E-state index in [1.807, 2.05) is 86.6 Å².